The van der Waals surface area contributed by atoms with E-state index in [1.165, 1.54) is 10.8 Å². The van der Waals surface area contributed by atoms with E-state index in [1.54, 1.807) is 30.6 Å². The zero-order chi connectivity index (χ0) is 19.9. The Balaban J connectivity index is 1.35. The van der Waals surface area contributed by atoms with Gasteiger partial charge in [0.25, 0.3) is 5.91 Å². The van der Waals surface area contributed by atoms with E-state index in [0.29, 0.717) is 12.3 Å². The molecular formula is C24H19N3O2. The van der Waals surface area contributed by atoms with Crippen LogP contribution < -0.4 is 10.2 Å². The van der Waals surface area contributed by atoms with E-state index >= 15 is 0 Å². The van der Waals surface area contributed by atoms with Gasteiger partial charge in [-0.25, -0.2) is 5.43 Å². The van der Waals surface area contributed by atoms with E-state index in [2.05, 4.69) is 39.8 Å². The minimum atomic E-state index is -0.350. The number of nitrogens with one attached hydrogen (secondary N) is 1. The van der Waals surface area contributed by atoms with Crippen LogP contribution in [0.5, 0.6) is 5.75 Å². The van der Waals surface area contributed by atoms with E-state index in [4.69, 9.17) is 4.74 Å². The molecule has 3 aromatic carbocycles. The molecule has 1 N–H and O–H groups in total. The lowest BCUT2D eigenvalue weighted by molar-refractivity contribution is 0.0950. The van der Waals surface area contributed by atoms with E-state index in [1.807, 2.05) is 42.5 Å². The lowest BCUT2D eigenvalue weighted by atomic mass is 10.1. The molecule has 1 amide bonds. The zero-order valence-corrected chi connectivity index (χ0v) is 15.7. The van der Waals surface area contributed by atoms with Crippen LogP contribution in [0.25, 0.3) is 10.8 Å². The maximum absolute atomic E-state index is 11.9. The number of pyridine rings is 1. The van der Waals surface area contributed by atoms with E-state index < -0.39 is 0 Å². The molecule has 0 aliphatic heterocycles. The third kappa shape index (κ3) is 4.65. The molecule has 0 unspecified atom stereocenters. The number of nitrogens with zero attached hydrogens (tertiary/aromatic N) is 2. The molecule has 0 atom stereocenters. The molecule has 5 heteroatoms. The third-order valence-electron chi connectivity index (χ3n) is 4.43. The molecule has 1 heterocycles. The highest BCUT2D eigenvalue weighted by atomic mass is 16.5. The molecule has 0 fully saturated rings. The standard InChI is InChI=1S/C24H19N3O2/c28-24(23-10-3-4-15-25-23)27-26-16-18-11-13-21(14-12-18)29-17-20-8-5-7-19-6-1-2-9-22(19)20/h1-16H,17H2,(H,27,28)/b26-16-. The number of amides is 1. The van der Waals surface area contributed by atoms with Gasteiger partial charge < -0.3 is 4.74 Å². The Bertz CT molecular complexity index is 1130. The van der Waals surface area contributed by atoms with E-state index in [-0.39, 0.29) is 5.91 Å². The van der Waals surface area contributed by atoms with Crippen molar-refractivity contribution < 1.29 is 9.53 Å². The summed E-state index contributed by atoms with van der Waals surface area (Å²) < 4.78 is 5.93. The Hall–Kier alpha value is -3.99. The molecular weight excluding hydrogens is 362 g/mol. The van der Waals surface area contributed by atoms with Gasteiger partial charge >= 0.3 is 0 Å². The number of rotatable bonds is 6. The van der Waals surface area contributed by atoms with E-state index in [9.17, 15) is 4.79 Å². The van der Waals surface area contributed by atoms with Crippen LogP contribution in [0.15, 0.2) is 96.2 Å². The van der Waals surface area contributed by atoms with Gasteiger partial charge in [-0.1, -0.05) is 48.5 Å². The largest absolute Gasteiger partial charge is 0.489 e. The fourth-order valence-electron chi connectivity index (χ4n) is 2.95. The Morgan fingerprint density at radius 3 is 2.55 bits per heavy atom. The van der Waals surface area contributed by atoms with Crippen LogP contribution in [0.1, 0.15) is 21.6 Å². The predicted octanol–water partition coefficient (Wildman–Crippen LogP) is 4.58. The monoisotopic (exact) mass is 381 g/mol. The highest BCUT2D eigenvalue weighted by Gasteiger charge is 2.04. The van der Waals surface area contributed by atoms with Gasteiger partial charge in [0.1, 0.15) is 18.1 Å². The maximum atomic E-state index is 11.9. The van der Waals surface area contributed by atoms with Crippen LogP contribution in [0, 0.1) is 0 Å². The van der Waals surface area contributed by atoms with Crippen molar-refractivity contribution in [2.24, 2.45) is 5.10 Å². The number of carbonyl (C=O) groups is 1. The normalized spacial score (nSPS) is 10.9. The average molecular weight is 381 g/mol. The fraction of sp³-hybridized carbons (Fsp3) is 0.0417. The molecule has 0 radical (unpaired) electrons. The zero-order valence-electron chi connectivity index (χ0n) is 15.7. The number of ether oxygens (including phenoxy) is 1. The third-order valence-corrected chi connectivity index (χ3v) is 4.43. The van der Waals surface area contributed by atoms with Crippen molar-refractivity contribution in [1.29, 1.82) is 0 Å². The van der Waals surface area contributed by atoms with Crippen molar-refractivity contribution in [3.63, 3.8) is 0 Å². The first kappa shape index (κ1) is 18.4. The van der Waals surface area contributed by atoms with Gasteiger partial charge in [0.2, 0.25) is 0 Å². The summed E-state index contributed by atoms with van der Waals surface area (Å²) in [5.41, 5.74) is 4.78. The molecule has 0 spiro atoms. The van der Waals surface area contributed by atoms with Gasteiger partial charge in [-0.3, -0.25) is 9.78 Å². The average Bonchev–Trinajstić information content (AvgIpc) is 2.79. The molecule has 4 aromatic rings. The predicted molar refractivity (Wildman–Crippen MR) is 114 cm³/mol. The number of benzene rings is 3. The first-order valence-electron chi connectivity index (χ1n) is 9.23. The highest BCUT2D eigenvalue weighted by Crippen LogP contribution is 2.20. The summed E-state index contributed by atoms with van der Waals surface area (Å²) in [7, 11) is 0. The van der Waals surface area contributed by atoms with Crippen molar-refractivity contribution in [1.82, 2.24) is 10.4 Å². The van der Waals surface area contributed by atoms with Crippen molar-refractivity contribution in [2.75, 3.05) is 0 Å². The van der Waals surface area contributed by atoms with Gasteiger partial charge in [0, 0.05) is 6.20 Å². The summed E-state index contributed by atoms with van der Waals surface area (Å²) in [5.74, 6) is 0.421. The Morgan fingerprint density at radius 2 is 1.72 bits per heavy atom. The Kier molecular flexibility index (Phi) is 5.58. The summed E-state index contributed by atoms with van der Waals surface area (Å²) in [6, 6.07) is 27.2. The highest BCUT2D eigenvalue weighted by molar-refractivity contribution is 5.93. The molecule has 0 aliphatic rings. The summed E-state index contributed by atoms with van der Waals surface area (Å²) in [5, 5.41) is 6.37. The minimum Gasteiger partial charge on any atom is -0.489 e. The van der Waals surface area contributed by atoms with Gasteiger partial charge in [-0.05, 0) is 58.3 Å². The number of hydrazone groups is 1. The first-order chi connectivity index (χ1) is 14.3. The molecule has 0 aliphatic carbocycles. The molecule has 4 rings (SSSR count). The minimum absolute atomic E-state index is 0.321. The fourth-order valence-corrected chi connectivity index (χ4v) is 2.95. The number of hydrogen-bond acceptors (Lipinski definition) is 4. The van der Waals surface area contributed by atoms with Crippen LogP contribution in [-0.4, -0.2) is 17.1 Å². The molecule has 0 bridgehead atoms. The number of aromatic nitrogens is 1. The van der Waals surface area contributed by atoms with Crippen molar-refractivity contribution in [3.8, 4) is 5.75 Å². The van der Waals surface area contributed by atoms with Crippen LogP contribution in [-0.2, 0) is 6.61 Å². The SMILES string of the molecule is O=C(N/N=C\c1ccc(OCc2cccc3ccccc23)cc1)c1ccccn1. The van der Waals surface area contributed by atoms with Crippen LogP contribution in [0.3, 0.4) is 0 Å². The molecule has 142 valence electrons. The summed E-state index contributed by atoms with van der Waals surface area (Å²) in [6.45, 7) is 0.495. The first-order valence-corrected chi connectivity index (χ1v) is 9.23. The topological polar surface area (TPSA) is 63.6 Å². The van der Waals surface area contributed by atoms with Crippen LogP contribution >= 0.6 is 0 Å². The summed E-state index contributed by atoms with van der Waals surface area (Å²) in [6.07, 6.45) is 3.14. The van der Waals surface area contributed by atoms with Crippen LogP contribution in [0.2, 0.25) is 0 Å². The van der Waals surface area contributed by atoms with Gasteiger partial charge in [-0.2, -0.15) is 5.10 Å². The smallest absolute Gasteiger partial charge is 0.289 e. The molecule has 1 aromatic heterocycles. The van der Waals surface area contributed by atoms with Crippen molar-refractivity contribution in [3.05, 3.63) is 108 Å². The van der Waals surface area contributed by atoms with Gasteiger partial charge in [-0.15, -0.1) is 0 Å². The van der Waals surface area contributed by atoms with E-state index in [0.717, 1.165) is 16.9 Å². The number of fused-ring (bicyclic) bond motifs is 1. The maximum Gasteiger partial charge on any atom is 0.289 e. The van der Waals surface area contributed by atoms with Gasteiger partial charge in [0.05, 0.1) is 6.21 Å². The second-order valence-corrected chi connectivity index (χ2v) is 6.41. The van der Waals surface area contributed by atoms with Crippen molar-refractivity contribution in [2.45, 2.75) is 6.61 Å². The Morgan fingerprint density at radius 1 is 0.931 bits per heavy atom. The quantitative estimate of drug-likeness (QED) is 0.393. The second-order valence-electron chi connectivity index (χ2n) is 6.41. The second kappa shape index (κ2) is 8.80. The molecule has 0 saturated carbocycles. The lowest BCUT2D eigenvalue weighted by Gasteiger charge is -2.09. The molecule has 0 saturated heterocycles. The number of carbonyl (C=O) groups excluding carboxylic acids is 1. The van der Waals surface area contributed by atoms with Gasteiger partial charge in [0.15, 0.2) is 0 Å². The molecule has 5 nitrogen and oxygen atoms in total. The molecule has 29 heavy (non-hydrogen) atoms. The van der Waals surface area contributed by atoms with Crippen molar-refractivity contribution >= 4 is 22.9 Å². The van der Waals surface area contributed by atoms with Crippen LogP contribution in [0.4, 0.5) is 0 Å². The number of hydrogen-bond donors (Lipinski definition) is 1. The summed E-state index contributed by atoms with van der Waals surface area (Å²) >= 11 is 0. The lowest BCUT2D eigenvalue weighted by Crippen LogP contribution is -2.18. The Labute approximate surface area is 168 Å². The summed E-state index contributed by atoms with van der Waals surface area (Å²) in [4.78, 5) is 15.9.